The van der Waals surface area contributed by atoms with E-state index in [-0.39, 0.29) is 0 Å². The van der Waals surface area contributed by atoms with E-state index in [0.29, 0.717) is 5.56 Å². The molecule has 1 aromatic heterocycles. The number of hydrogen-bond acceptors (Lipinski definition) is 3. The summed E-state index contributed by atoms with van der Waals surface area (Å²) in [5, 5.41) is 3.94. The second kappa shape index (κ2) is 5.50. The molecule has 0 aliphatic rings. The molecule has 4 nitrogen and oxygen atoms in total. The molecule has 2 N–H and O–H groups in total. The van der Waals surface area contributed by atoms with Crippen molar-refractivity contribution in [3.05, 3.63) is 18.0 Å². The number of nitrogens with two attached hydrogens (primary N) is 1. The summed E-state index contributed by atoms with van der Waals surface area (Å²) in [6, 6.07) is -0.396. The fourth-order valence-corrected chi connectivity index (χ4v) is 1.44. The van der Waals surface area contributed by atoms with E-state index in [4.69, 9.17) is 10.5 Å². The predicted molar refractivity (Wildman–Crippen MR) is 56.2 cm³/mol. The first-order valence-electron chi connectivity index (χ1n) is 5.22. The van der Waals surface area contributed by atoms with Crippen LogP contribution in [0.25, 0.3) is 0 Å². The Balaban J connectivity index is 2.56. The van der Waals surface area contributed by atoms with Gasteiger partial charge in [0.05, 0.1) is 19.2 Å². The highest BCUT2D eigenvalue weighted by Crippen LogP contribution is 2.23. The normalized spacial score (nSPS) is 15.9. The Hall–Kier alpha value is -1.08. The lowest BCUT2D eigenvalue weighted by Gasteiger charge is -2.20. The van der Waals surface area contributed by atoms with Gasteiger partial charge in [-0.1, -0.05) is 0 Å². The first-order chi connectivity index (χ1) is 7.79. The van der Waals surface area contributed by atoms with E-state index in [1.165, 1.54) is 0 Å². The summed E-state index contributed by atoms with van der Waals surface area (Å²) >= 11 is 0. The number of aryl methyl sites for hydroxylation is 1. The molecule has 1 rings (SSSR count). The predicted octanol–water partition coefficient (Wildman–Crippen LogP) is 1.78. The van der Waals surface area contributed by atoms with Crippen LogP contribution in [0.5, 0.6) is 0 Å². The van der Waals surface area contributed by atoms with Gasteiger partial charge in [0, 0.05) is 24.8 Å². The molecule has 2 atom stereocenters. The van der Waals surface area contributed by atoms with Crippen molar-refractivity contribution in [3.8, 4) is 0 Å². The van der Waals surface area contributed by atoms with Crippen LogP contribution in [0.2, 0.25) is 0 Å². The molecule has 0 aliphatic carbocycles. The second-order valence-electron chi connectivity index (χ2n) is 3.96. The summed E-state index contributed by atoms with van der Waals surface area (Å²) in [5.41, 5.74) is 6.37. The largest absolute Gasteiger partial charge is 0.391 e. The Kier molecular flexibility index (Phi) is 4.53. The van der Waals surface area contributed by atoms with Crippen LogP contribution < -0.4 is 5.73 Å². The molecule has 0 spiro atoms. The van der Waals surface area contributed by atoms with Crippen molar-refractivity contribution in [1.82, 2.24) is 9.78 Å². The standard InChI is InChI=1S/C10H16F3N3O/c1-7(14)9(8-5-15-16(2)6-8)17-4-3-10(11,12)13/h5-7,9H,3-4,14H2,1-2H3. The molecule has 1 aromatic rings. The molecule has 0 bridgehead atoms. The molecule has 0 fully saturated rings. The molecule has 0 amide bonds. The third-order valence-corrected chi connectivity index (χ3v) is 2.21. The zero-order valence-electron chi connectivity index (χ0n) is 9.74. The third kappa shape index (κ3) is 4.74. The van der Waals surface area contributed by atoms with Crippen molar-refractivity contribution in [1.29, 1.82) is 0 Å². The van der Waals surface area contributed by atoms with Gasteiger partial charge >= 0.3 is 6.18 Å². The van der Waals surface area contributed by atoms with Crippen molar-refractivity contribution < 1.29 is 17.9 Å². The lowest BCUT2D eigenvalue weighted by atomic mass is 10.1. The van der Waals surface area contributed by atoms with Gasteiger partial charge in [-0.3, -0.25) is 4.68 Å². The second-order valence-corrected chi connectivity index (χ2v) is 3.96. The van der Waals surface area contributed by atoms with Gasteiger partial charge in [0.25, 0.3) is 0 Å². The molecule has 0 aliphatic heterocycles. The van der Waals surface area contributed by atoms with Gasteiger partial charge < -0.3 is 10.5 Å². The van der Waals surface area contributed by atoms with Gasteiger partial charge in [0.1, 0.15) is 6.10 Å². The van der Waals surface area contributed by atoms with Crippen LogP contribution in [0.1, 0.15) is 25.0 Å². The van der Waals surface area contributed by atoms with E-state index in [0.717, 1.165) is 0 Å². The molecule has 0 aromatic carbocycles. The number of halogens is 3. The molecule has 0 saturated heterocycles. The highest BCUT2D eigenvalue weighted by molar-refractivity contribution is 5.10. The van der Waals surface area contributed by atoms with Crippen LogP contribution in [-0.4, -0.2) is 28.6 Å². The highest BCUT2D eigenvalue weighted by Gasteiger charge is 2.28. The molecule has 0 radical (unpaired) electrons. The first kappa shape index (κ1) is 14.0. The van der Waals surface area contributed by atoms with Crippen LogP contribution in [0.15, 0.2) is 12.4 Å². The molecule has 1 heterocycles. The first-order valence-corrected chi connectivity index (χ1v) is 5.22. The summed E-state index contributed by atoms with van der Waals surface area (Å²) in [6.45, 7) is 1.29. The van der Waals surface area contributed by atoms with E-state index in [1.807, 2.05) is 0 Å². The lowest BCUT2D eigenvalue weighted by Crippen LogP contribution is -2.28. The summed E-state index contributed by atoms with van der Waals surface area (Å²) < 4.78 is 42.7. The van der Waals surface area contributed by atoms with Crippen molar-refractivity contribution >= 4 is 0 Å². The zero-order valence-corrected chi connectivity index (χ0v) is 9.74. The topological polar surface area (TPSA) is 53.1 Å². The molecule has 98 valence electrons. The number of ether oxygens (including phenoxy) is 1. The minimum absolute atomic E-state index is 0.396. The maximum Gasteiger partial charge on any atom is 0.391 e. The quantitative estimate of drug-likeness (QED) is 0.867. The third-order valence-electron chi connectivity index (χ3n) is 2.21. The Morgan fingerprint density at radius 3 is 2.59 bits per heavy atom. The Bertz CT molecular complexity index is 349. The van der Waals surface area contributed by atoms with Crippen molar-refractivity contribution in [2.45, 2.75) is 31.7 Å². The van der Waals surface area contributed by atoms with E-state index in [9.17, 15) is 13.2 Å². The Morgan fingerprint density at radius 1 is 1.53 bits per heavy atom. The molecule has 0 saturated carbocycles. The van der Waals surface area contributed by atoms with Crippen LogP contribution in [0.3, 0.4) is 0 Å². The summed E-state index contributed by atoms with van der Waals surface area (Å²) in [4.78, 5) is 0. The summed E-state index contributed by atoms with van der Waals surface area (Å²) in [6.07, 6.45) is -2.53. The lowest BCUT2D eigenvalue weighted by molar-refractivity contribution is -0.150. The van der Waals surface area contributed by atoms with Crippen molar-refractivity contribution in [2.24, 2.45) is 12.8 Å². The van der Waals surface area contributed by atoms with Crippen LogP contribution in [-0.2, 0) is 11.8 Å². The van der Waals surface area contributed by atoms with E-state index >= 15 is 0 Å². The average molecular weight is 251 g/mol. The average Bonchev–Trinajstić information content (AvgIpc) is 2.57. The van der Waals surface area contributed by atoms with Gasteiger partial charge in [0.2, 0.25) is 0 Å². The minimum Gasteiger partial charge on any atom is -0.371 e. The molecule has 17 heavy (non-hydrogen) atoms. The van der Waals surface area contributed by atoms with E-state index in [1.54, 1.807) is 31.0 Å². The van der Waals surface area contributed by atoms with Crippen LogP contribution in [0, 0.1) is 0 Å². The number of nitrogens with zero attached hydrogens (tertiary/aromatic N) is 2. The number of hydrogen-bond donors (Lipinski definition) is 1. The number of aromatic nitrogens is 2. The fraction of sp³-hybridized carbons (Fsp3) is 0.700. The van der Waals surface area contributed by atoms with Crippen molar-refractivity contribution in [2.75, 3.05) is 6.61 Å². The van der Waals surface area contributed by atoms with E-state index in [2.05, 4.69) is 5.10 Å². The fourth-order valence-electron chi connectivity index (χ4n) is 1.44. The molecular formula is C10H16F3N3O. The smallest absolute Gasteiger partial charge is 0.371 e. The SMILES string of the molecule is CC(N)C(OCCC(F)(F)F)c1cnn(C)c1. The van der Waals surface area contributed by atoms with Crippen LogP contribution in [0.4, 0.5) is 13.2 Å². The summed E-state index contributed by atoms with van der Waals surface area (Å²) in [5.74, 6) is 0. The van der Waals surface area contributed by atoms with Crippen LogP contribution >= 0.6 is 0 Å². The zero-order chi connectivity index (χ0) is 13.1. The van der Waals surface area contributed by atoms with Gasteiger partial charge in [-0.2, -0.15) is 18.3 Å². The highest BCUT2D eigenvalue weighted by atomic mass is 19.4. The molecule has 2 unspecified atom stereocenters. The molecule has 7 heteroatoms. The maximum atomic E-state index is 12.0. The monoisotopic (exact) mass is 251 g/mol. The maximum absolute atomic E-state index is 12.0. The number of alkyl halides is 3. The van der Waals surface area contributed by atoms with Gasteiger partial charge in [-0.15, -0.1) is 0 Å². The number of rotatable bonds is 5. The van der Waals surface area contributed by atoms with Gasteiger partial charge in [0.15, 0.2) is 0 Å². The summed E-state index contributed by atoms with van der Waals surface area (Å²) in [7, 11) is 1.72. The van der Waals surface area contributed by atoms with E-state index < -0.39 is 31.3 Å². The Labute approximate surface area is 97.5 Å². The van der Waals surface area contributed by atoms with Gasteiger partial charge in [-0.05, 0) is 6.92 Å². The van der Waals surface area contributed by atoms with Crippen molar-refractivity contribution in [3.63, 3.8) is 0 Å². The molecular weight excluding hydrogens is 235 g/mol. The van der Waals surface area contributed by atoms with Gasteiger partial charge in [-0.25, -0.2) is 0 Å². The Morgan fingerprint density at radius 2 is 2.18 bits per heavy atom. The minimum atomic E-state index is -4.21.